The molecule has 0 N–H and O–H groups in total. The number of hydrogen-bond donors (Lipinski definition) is 0. The molecule has 1 aliphatic rings. The number of carbonyl (C=O) groups is 1. The minimum Gasteiger partial charge on any atom is -0.595 e. The lowest BCUT2D eigenvalue weighted by Crippen LogP contribution is -2.36. The maximum absolute atomic E-state index is 12.1. The number of rotatable bonds is 10. The molecule has 1 saturated carbocycles. The maximum atomic E-state index is 12.1. The largest absolute Gasteiger partial charge is 0.595 e. The molecule has 0 spiro atoms. The SMILES string of the molecule is CCCCCCCCc1ccc([C@H]2CC[C@@](C=O)(N=C([O-])OC(C)(C)C)C2)cc1. The molecule has 1 fully saturated rings. The van der Waals surface area contributed by atoms with Gasteiger partial charge >= 0.3 is 0 Å². The molecule has 1 aliphatic carbocycles. The van der Waals surface area contributed by atoms with Gasteiger partial charge in [0.2, 0.25) is 0 Å². The molecule has 4 heteroatoms. The third kappa shape index (κ3) is 7.83. The molecule has 2 rings (SSSR count). The van der Waals surface area contributed by atoms with Gasteiger partial charge in [-0.05, 0) is 49.1 Å². The summed E-state index contributed by atoms with van der Waals surface area (Å²) in [6, 6.07) is 8.80. The summed E-state index contributed by atoms with van der Waals surface area (Å²) in [5.74, 6) is 0.259. The van der Waals surface area contributed by atoms with Gasteiger partial charge in [-0.3, -0.25) is 4.99 Å². The first-order chi connectivity index (χ1) is 13.8. The van der Waals surface area contributed by atoms with E-state index >= 15 is 0 Å². The number of carbonyl (C=O) groups excluding carboxylic acids is 1. The molecule has 29 heavy (non-hydrogen) atoms. The Bertz CT molecular complexity index is 660. The van der Waals surface area contributed by atoms with Crippen LogP contribution in [0.3, 0.4) is 0 Å². The van der Waals surface area contributed by atoms with Crippen LogP contribution in [0.25, 0.3) is 0 Å². The van der Waals surface area contributed by atoms with Gasteiger partial charge < -0.3 is 14.6 Å². The highest BCUT2D eigenvalue weighted by Gasteiger charge is 2.39. The highest BCUT2D eigenvalue weighted by molar-refractivity contribution is 5.72. The molecule has 2 atom stereocenters. The van der Waals surface area contributed by atoms with Gasteiger partial charge in [0.25, 0.3) is 0 Å². The van der Waals surface area contributed by atoms with E-state index in [1.165, 1.54) is 49.7 Å². The van der Waals surface area contributed by atoms with E-state index in [1.54, 1.807) is 20.8 Å². The van der Waals surface area contributed by atoms with Gasteiger partial charge in [-0.15, -0.1) is 0 Å². The molecule has 0 bridgehead atoms. The number of benzene rings is 1. The first-order valence-electron chi connectivity index (χ1n) is 11.3. The molecule has 0 unspecified atom stereocenters. The Morgan fingerprint density at radius 1 is 1.17 bits per heavy atom. The zero-order valence-electron chi connectivity index (χ0n) is 18.7. The second-order valence-corrected chi connectivity index (χ2v) is 9.51. The van der Waals surface area contributed by atoms with Crippen LogP contribution >= 0.6 is 0 Å². The summed E-state index contributed by atoms with van der Waals surface area (Å²) >= 11 is 0. The fraction of sp³-hybridized carbons (Fsp3) is 0.680. The van der Waals surface area contributed by atoms with Crippen LogP contribution in [0.2, 0.25) is 0 Å². The highest BCUT2D eigenvalue weighted by atomic mass is 16.6. The normalized spacial score (nSPS) is 22.6. The predicted octanol–water partition coefficient (Wildman–Crippen LogP) is 5.33. The van der Waals surface area contributed by atoms with Crippen molar-refractivity contribution in [1.29, 1.82) is 0 Å². The standard InChI is InChI=1S/C25H39NO3/c1-5-6-7-8-9-10-11-20-12-14-21(15-13-20)22-16-17-25(18-22,19-27)26-23(28)29-24(2,3)4/h12-15,19,22H,5-11,16-18H2,1-4H3,(H,26,28)/p-1/t22-,25+/m0/s1. The van der Waals surface area contributed by atoms with Crippen LogP contribution in [-0.4, -0.2) is 23.5 Å². The van der Waals surface area contributed by atoms with Crippen molar-refractivity contribution >= 4 is 12.4 Å². The number of hydrogen-bond acceptors (Lipinski definition) is 4. The summed E-state index contributed by atoms with van der Waals surface area (Å²) in [6.45, 7) is 7.66. The molecule has 1 aromatic carbocycles. The summed E-state index contributed by atoms with van der Waals surface area (Å²) in [7, 11) is 0. The molecule has 0 aromatic heterocycles. The van der Waals surface area contributed by atoms with Crippen LogP contribution in [0, 0.1) is 0 Å². The van der Waals surface area contributed by atoms with Crippen LogP contribution in [0.15, 0.2) is 29.3 Å². The lowest BCUT2D eigenvalue weighted by Gasteiger charge is -2.31. The van der Waals surface area contributed by atoms with E-state index in [4.69, 9.17) is 4.74 Å². The van der Waals surface area contributed by atoms with Crippen molar-refractivity contribution in [2.24, 2.45) is 4.99 Å². The third-order valence-corrected chi connectivity index (χ3v) is 5.72. The van der Waals surface area contributed by atoms with Crippen molar-refractivity contribution in [3.63, 3.8) is 0 Å². The minimum absolute atomic E-state index is 0.259. The van der Waals surface area contributed by atoms with Gasteiger partial charge in [-0.1, -0.05) is 84.1 Å². The fourth-order valence-corrected chi connectivity index (χ4v) is 4.11. The molecule has 0 saturated heterocycles. The molecule has 0 aliphatic heterocycles. The summed E-state index contributed by atoms with van der Waals surface area (Å²) < 4.78 is 5.29. The molecule has 1 aromatic rings. The Labute approximate surface area is 176 Å². The molecule has 0 heterocycles. The predicted molar refractivity (Wildman–Crippen MR) is 117 cm³/mol. The average Bonchev–Trinajstić information content (AvgIpc) is 3.08. The Kier molecular flexibility index (Phi) is 8.73. The van der Waals surface area contributed by atoms with E-state index in [0.29, 0.717) is 12.8 Å². The summed E-state index contributed by atoms with van der Waals surface area (Å²) in [4.78, 5) is 15.9. The zero-order chi connectivity index (χ0) is 21.3. The van der Waals surface area contributed by atoms with Crippen LogP contribution in [0.4, 0.5) is 0 Å². The van der Waals surface area contributed by atoms with Gasteiger partial charge in [-0.25, -0.2) is 0 Å². The number of aldehydes is 1. The van der Waals surface area contributed by atoms with Crippen molar-refractivity contribution < 1.29 is 14.6 Å². The van der Waals surface area contributed by atoms with Gasteiger partial charge in [-0.2, -0.15) is 0 Å². The van der Waals surface area contributed by atoms with Gasteiger partial charge in [0.15, 0.2) is 0 Å². The van der Waals surface area contributed by atoms with E-state index in [1.807, 2.05) is 0 Å². The summed E-state index contributed by atoms with van der Waals surface area (Å²) in [5, 5.41) is 12.1. The Balaban J connectivity index is 1.90. The Morgan fingerprint density at radius 3 is 2.45 bits per heavy atom. The van der Waals surface area contributed by atoms with Crippen molar-refractivity contribution in [3.8, 4) is 0 Å². The van der Waals surface area contributed by atoms with E-state index in [2.05, 4.69) is 36.2 Å². The second kappa shape index (κ2) is 10.8. The van der Waals surface area contributed by atoms with Crippen LogP contribution in [0.5, 0.6) is 0 Å². The van der Waals surface area contributed by atoms with Gasteiger partial charge in [0.1, 0.15) is 17.9 Å². The average molecular weight is 401 g/mol. The smallest absolute Gasteiger partial charge is 0.147 e. The number of unbranched alkanes of at least 4 members (excludes halogenated alkanes) is 5. The zero-order valence-corrected chi connectivity index (χ0v) is 18.7. The quantitative estimate of drug-likeness (QED) is 0.231. The van der Waals surface area contributed by atoms with Crippen LogP contribution in [0.1, 0.15) is 103 Å². The first-order valence-corrected chi connectivity index (χ1v) is 11.3. The molecule has 0 amide bonds. The van der Waals surface area contributed by atoms with Crippen molar-refractivity contribution in [1.82, 2.24) is 0 Å². The third-order valence-electron chi connectivity index (χ3n) is 5.72. The van der Waals surface area contributed by atoms with Crippen molar-refractivity contribution in [2.45, 2.75) is 109 Å². The molecular weight excluding hydrogens is 362 g/mol. The number of aliphatic imine (C=N–C) groups is 1. The maximum Gasteiger partial charge on any atom is 0.147 e. The summed E-state index contributed by atoms with van der Waals surface area (Å²) in [6.07, 6.45) is 11.2. The van der Waals surface area contributed by atoms with E-state index in [-0.39, 0.29) is 5.92 Å². The van der Waals surface area contributed by atoms with E-state index in [0.717, 1.165) is 19.1 Å². The van der Waals surface area contributed by atoms with E-state index < -0.39 is 17.2 Å². The Morgan fingerprint density at radius 2 is 1.83 bits per heavy atom. The number of nitrogens with zero attached hydrogens (tertiary/aromatic N) is 1. The Hall–Kier alpha value is -1.84. The van der Waals surface area contributed by atoms with Crippen molar-refractivity contribution in [3.05, 3.63) is 35.4 Å². The fourth-order valence-electron chi connectivity index (χ4n) is 4.11. The summed E-state index contributed by atoms with van der Waals surface area (Å²) in [5.41, 5.74) is 1.07. The molecule has 4 nitrogen and oxygen atoms in total. The number of ether oxygens (including phenoxy) is 1. The lowest BCUT2D eigenvalue weighted by atomic mass is 9.92. The lowest BCUT2D eigenvalue weighted by molar-refractivity contribution is -0.261. The van der Waals surface area contributed by atoms with Crippen molar-refractivity contribution in [2.75, 3.05) is 0 Å². The first kappa shape index (κ1) is 23.4. The second-order valence-electron chi connectivity index (χ2n) is 9.51. The molecule has 0 radical (unpaired) electrons. The molecule has 162 valence electrons. The minimum atomic E-state index is -0.940. The topological polar surface area (TPSA) is 61.7 Å². The van der Waals surface area contributed by atoms with E-state index in [9.17, 15) is 9.90 Å². The van der Waals surface area contributed by atoms with Gasteiger partial charge in [0.05, 0.1) is 0 Å². The highest BCUT2D eigenvalue weighted by Crippen LogP contribution is 2.42. The van der Waals surface area contributed by atoms with Crippen LogP contribution in [-0.2, 0) is 16.0 Å². The van der Waals surface area contributed by atoms with Gasteiger partial charge in [0, 0.05) is 5.60 Å². The molecular formula is C25H38NO3-. The monoisotopic (exact) mass is 400 g/mol. The number of aryl methyl sites for hydroxylation is 1. The van der Waals surface area contributed by atoms with Crippen LogP contribution < -0.4 is 5.11 Å².